The summed E-state index contributed by atoms with van der Waals surface area (Å²) in [6.07, 6.45) is 5.34. The zero-order valence-electron chi connectivity index (χ0n) is 12.6. The van der Waals surface area contributed by atoms with Crippen molar-refractivity contribution in [3.63, 3.8) is 0 Å². The number of piperidine rings is 1. The van der Waals surface area contributed by atoms with Gasteiger partial charge >= 0.3 is 0 Å². The molecule has 1 aliphatic heterocycles. The Kier molecular flexibility index (Phi) is 3.79. The predicted molar refractivity (Wildman–Crippen MR) is 92.0 cm³/mol. The zero-order valence-corrected chi connectivity index (χ0v) is 14.2. The Morgan fingerprint density at radius 2 is 1.90 bits per heavy atom. The van der Waals surface area contributed by atoms with Crippen LogP contribution in [0.15, 0.2) is 21.6 Å². The maximum Gasteiger partial charge on any atom is 0.234 e. The molecule has 1 saturated carbocycles. The molecule has 0 bridgehead atoms. The molecule has 1 spiro atoms. The van der Waals surface area contributed by atoms with Gasteiger partial charge in [0.15, 0.2) is 0 Å². The summed E-state index contributed by atoms with van der Waals surface area (Å²) >= 11 is 3.57. The van der Waals surface area contributed by atoms with E-state index in [1.165, 1.54) is 25.7 Å². The molecule has 1 aromatic rings. The van der Waals surface area contributed by atoms with Crippen molar-refractivity contribution in [2.24, 2.45) is 10.4 Å². The summed E-state index contributed by atoms with van der Waals surface area (Å²) in [5, 5.41) is 0. The van der Waals surface area contributed by atoms with Gasteiger partial charge in [0.1, 0.15) is 0 Å². The summed E-state index contributed by atoms with van der Waals surface area (Å²) in [4.78, 5) is 10.7. The van der Waals surface area contributed by atoms with E-state index in [4.69, 9.17) is 6.57 Å². The Balaban J connectivity index is 1.96. The van der Waals surface area contributed by atoms with Gasteiger partial charge in [0.2, 0.25) is 5.69 Å². The molecule has 1 saturated heterocycles. The smallest absolute Gasteiger partial charge is 0.234 e. The maximum atomic E-state index is 7.56. The third kappa shape index (κ3) is 2.98. The van der Waals surface area contributed by atoms with Crippen LogP contribution >= 0.6 is 15.9 Å². The molecule has 4 heteroatoms. The van der Waals surface area contributed by atoms with E-state index in [1.807, 2.05) is 19.9 Å². The Bertz CT molecular complexity index is 624. The quantitative estimate of drug-likeness (QED) is 0.512. The highest BCUT2D eigenvalue weighted by Gasteiger charge is 2.44. The molecule has 21 heavy (non-hydrogen) atoms. The molecular weight excluding hydrogens is 326 g/mol. The molecule has 110 valence electrons. The van der Waals surface area contributed by atoms with E-state index < -0.39 is 0 Å². The van der Waals surface area contributed by atoms with Gasteiger partial charge in [-0.25, -0.2) is 4.85 Å². The summed E-state index contributed by atoms with van der Waals surface area (Å²) < 4.78 is 0.997. The van der Waals surface area contributed by atoms with Gasteiger partial charge in [-0.15, -0.1) is 0 Å². The van der Waals surface area contributed by atoms with Crippen LogP contribution in [0.1, 0.15) is 39.5 Å². The van der Waals surface area contributed by atoms with E-state index in [1.54, 1.807) is 0 Å². The molecule has 3 rings (SSSR count). The Morgan fingerprint density at radius 1 is 1.24 bits per heavy atom. The molecule has 0 unspecified atom stereocenters. The highest BCUT2D eigenvalue weighted by molar-refractivity contribution is 9.10. The minimum atomic E-state index is 0.655. The highest BCUT2D eigenvalue weighted by Crippen LogP contribution is 2.54. The van der Waals surface area contributed by atoms with Crippen molar-refractivity contribution in [1.29, 1.82) is 0 Å². The van der Waals surface area contributed by atoms with Crippen LogP contribution < -0.4 is 4.90 Å². The Morgan fingerprint density at radius 3 is 2.43 bits per heavy atom. The molecule has 1 heterocycles. The fourth-order valence-electron chi connectivity index (χ4n) is 3.15. The second kappa shape index (κ2) is 5.46. The first-order valence-electron chi connectivity index (χ1n) is 7.51. The normalized spacial score (nSPS) is 19.2. The van der Waals surface area contributed by atoms with Crippen LogP contribution in [-0.2, 0) is 0 Å². The standard InChI is InChI=1S/C17H20BrN3/c1-12(2)20-14-10-13(18)11-15(16(14)19-3)21-8-6-17(4-5-17)7-9-21/h10-11H,4-9H2,1-2H3. The van der Waals surface area contributed by atoms with Gasteiger partial charge < -0.3 is 4.90 Å². The van der Waals surface area contributed by atoms with Gasteiger partial charge in [0.25, 0.3) is 0 Å². The lowest BCUT2D eigenvalue weighted by Gasteiger charge is -2.34. The first-order valence-corrected chi connectivity index (χ1v) is 8.30. The second-order valence-electron chi connectivity index (χ2n) is 6.45. The van der Waals surface area contributed by atoms with Crippen LogP contribution in [-0.4, -0.2) is 18.8 Å². The van der Waals surface area contributed by atoms with Gasteiger partial charge in [-0.3, -0.25) is 4.99 Å². The van der Waals surface area contributed by atoms with Crippen molar-refractivity contribution in [1.82, 2.24) is 0 Å². The number of halogens is 1. The highest BCUT2D eigenvalue weighted by atomic mass is 79.9. The van der Waals surface area contributed by atoms with Crippen LogP contribution in [0.4, 0.5) is 17.1 Å². The van der Waals surface area contributed by atoms with Crippen LogP contribution in [0.5, 0.6) is 0 Å². The third-order valence-electron chi connectivity index (χ3n) is 4.61. The van der Waals surface area contributed by atoms with Gasteiger partial charge in [0, 0.05) is 29.0 Å². The van der Waals surface area contributed by atoms with Crippen molar-refractivity contribution < 1.29 is 0 Å². The molecule has 3 nitrogen and oxygen atoms in total. The summed E-state index contributed by atoms with van der Waals surface area (Å²) in [5.74, 6) is 0. The molecule has 0 N–H and O–H groups in total. The number of aliphatic imine (C=N–C) groups is 1. The molecule has 0 aromatic heterocycles. The minimum absolute atomic E-state index is 0.655. The number of benzene rings is 1. The van der Waals surface area contributed by atoms with Gasteiger partial charge in [-0.1, -0.05) is 15.9 Å². The van der Waals surface area contributed by atoms with E-state index in [0.717, 1.165) is 34.6 Å². The van der Waals surface area contributed by atoms with E-state index in [9.17, 15) is 0 Å². The molecule has 2 fully saturated rings. The largest absolute Gasteiger partial charge is 0.380 e. The average molecular weight is 346 g/mol. The Labute approximate surface area is 135 Å². The van der Waals surface area contributed by atoms with Crippen LogP contribution in [0.3, 0.4) is 0 Å². The zero-order chi connectivity index (χ0) is 15.0. The Hall–Kier alpha value is -1.34. The van der Waals surface area contributed by atoms with Gasteiger partial charge in [0.05, 0.1) is 12.3 Å². The summed E-state index contributed by atoms with van der Waals surface area (Å²) in [6.45, 7) is 13.6. The SMILES string of the molecule is [C-]#[N+]c1c(N=C(C)C)cc(Br)cc1N1CCC2(CC1)CC2. The van der Waals surface area contributed by atoms with Crippen LogP contribution in [0.25, 0.3) is 4.85 Å². The summed E-state index contributed by atoms with van der Waals surface area (Å²) in [7, 11) is 0. The molecule has 0 amide bonds. The molecule has 1 aromatic carbocycles. The lowest BCUT2D eigenvalue weighted by Crippen LogP contribution is -2.34. The van der Waals surface area contributed by atoms with Crippen LogP contribution in [0.2, 0.25) is 0 Å². The summed E-state index contributed by atoms with van der Waals surface area (Å²) in [6, 6.07) is 4.01. The first-order chi connectivity index (χ1) is 10.0. The molecule has 0 radical (unpaired) electrons. The van der Waals surface area contributed by atoms with E-state index in [0.29, 0.717) is 11.1 Å². The third-order valence-corrected chi connectivity index (χ3v) is 5.07. The van der Waals surface area contributed by atoms with E-state index >= 15 is 0 Å². The maximum absolute atomic E-state index is 7.56. The van der Waals surface area contributed by atoms with E-state index in [-0.39, 0.29) is 0 Å². The molecule has 2 aliphatic rings. The molecule has 1 aliphatic carbocycles. The van der Waals surface area contributed by atoms with Gasteiger partial charge in [-0.2, -0.15) is 0 Å². The number of hydrogen-bond acceptors (Lipinski definition) is 2. The van der Waals surface area contributed by atoms with Crippen molar-refractivity contribution >= 4 is 38.7 Å². The fraction of sp³-hybridized carbons (Fsp3) is 0.529. The molecule has 0 atom stereocenters. The number of rotatable bonds is 2. The predicted octanol–water partition coefficient (Wildman–Crippen LogP) is 5.49. The average Bonchev–Trinajstić information content (AvgIpc) is 3.18. The van der Waals surface area contributed by atoms with Crippen molar-refractivity contribution in [3.8, 4) is 0 Å². The van der Waals surface area contributed by atoms with E-state index in [2.05, 4.69) is 36.7 Å². The minimum Gasteiger partial charge on any atom is -0.380 e. The molecular formula is C17H20BrN3. The second-order valence-corrected chi connectivity index (χ2v) is 7.37. The van der Waals surface area contributed by atoms with Crippen molar-refractivity contribution in [2.75, 3.05) is 18.0 Å². The number of anilines is 1. The number of nitrogens with zero attached hydrogens (tertiary/aromatic N) is 3. The lowest BCUT2D eigenvalue weighted by molar-refractivity contribution is 0.384. The number of hydrogen-bond donors (Lipinski definition) is 0. The van der Waals surface area contributed by atoms with Crippen molar-refractivity contribution in [2.45, 2.75) is 39.5 Å². The topological polar surface area (TPSA) is 20.0 Å². The van der Waals surface area contributed by atoms with Crippen molar-refractivity contribution in [3.05, 3.63) is 28.0 Å². The summed E-state index contributed by atoms with van der Waals surface area (Å²) in [5.41, 5.74) is 4.13. The fourth-order valence-corrected chi connectivity index (χ4v) is 3.58. The monoisotopic (exact) mass is 345 g/mol. The lowest BCUT2D eigenvalue weighted by atomic mass is 9.93. The first kappa shape index (κ1) is 14.6. The van der Waals surface area contributed by atoms with Gasteiger partial charge in [-0.05, 0) is 57.1 Å². The van der Waals surface area contributed by atoms with Crippen LogP contribution in [0, 0.1) is 12.0 Å².